The van der Waals surface area contributed by atoms with Crippen molar-refractivity contribution in [3.63, 3.8) is 0 Å². The van der Waals surface area contributed by atoms with Crippen molar-refractivity contribution >= 4 is 51.7 Å². The number of benzene rings is 2. The molecule has 36 heavy (non-hydrogen) atoms. The summed E-state index contributed by atoms with van der Waals surface area (Å²) >= 11 is 8.54. The summed E-state index contributed by atoms with van der Waals surface area (Å²) in [4.78, 5) is 23.4. The van der Waals surface area contributed by atoms with Gasteiger partial charge in [0.2, 0.25) is 0 Å². The van der Waals surface area contributed by atoms with E-state index in [-0.39, 0.29) is 28.7 Å². The van der Waals surface area contributed by atoms with Crippen LogP contribution < -0.4 is 16.4 Å². The fraction of sp³-hybridized carbons (Fsp3) is 0.346. The summed E-state index contributed by atoms with van der Waals surface area (Å²) in [6, 6.07) is 18.3. The third-order valence-corrected chi connectivity index (χ3v) is 7.03. The minimum absolute atomic E-state index is 0.0350. The van der Waals surface area contributed by atoms with E-state index in [1.165, 1.54) is 5.56 Å². The molecule has 10 heteroatoms. The summed E-state index contributed by atoms with van der Waals surface area (Å²) in [5.41, 5.74) is 8.32. The lowest BCUT2D eigenvalue weighted by atomic mass is 10.1. The molecule has 2 heterocycles. The van der Waals surface area contributed by atoms with E-state index in [9.17, 15) is 4.79 Å². The Morgan fingerprint density at radius 2 is 1.81 bits per heavy atom. The first kappa shape index (κ1) is 26.6. The lowest BCUT2D eigenvalue weighted by Crippen LogP contribution is -2.41. The first-order chi connectivity index (χ1) is 17.5. The number of nitrogens with two attached hydrogens (primary N) is 1. The van der Waals surface area contributed by atoms with Crippen molar-refractivity contribution in [3.05, 3.63) is 80.1 Å². The van der Waals surface area contributed by atoms with Crippen molar-refractivity contribution < 1.29 is 9.53 Å². The number of amides is 1. The van der Waals surface area contributed by atoms with Crippen LogP contribution in [0.5, 0.6) is 0 Å². The van der Waals surface area contributed by atoms with Crippen LogP contribution in [0.25, 0.3) is 0 Å². The second-order valence-electron chi connectivity index (χ2n) is 8.67. The number of likely N-dealkylation sites (tertiary alicyclic amines) is 1. The van der Waals surface area contributed by atoms with Gasteiger partial charge < -0.3 is 26.0 Å². The molecule has 2 aromatic carbocycles. The highest BCUT2D eigenvalue weighted by atomic mass is 127. The van der Waals surface area contributed by atoms with E-state index in [2.05, 4.69) is 60.2 Å². The number of ether oxygens (including phenoxy) is 1. The van der Waals surface area contributed by atoms with Gasteiger partial charge in [-0.1, -0.05) is 54.1 Å². The molecule has 8 nitrogen and oxygen atoms in total. The van der Waals surface area contributed by atoms with Gasteiger partial charge in [-0.2, -0.15) is 0 Å². The molecule has 1 aliphatic rings. The maximum atomic E-state index is 12.6. The van der Waals surface area contributed by atoms with Gasteiger partial charge in [0.1, 0.15) is 0 Å². The second kappa shape index (κ2) is 13.2. The number of hydrogen-bond acceptors (Lipinski definition) is 7. The van der Waals surface area contributed by atoms with E-state index >= 15 is 0 Å². The number of carbonyl (C=O) groups excluding carboxylic acids is 1. The van der Waals surface area contributed by atoms with Crippen molar-refractivity contribution in [2.24, 2.45) is 0 Å². The lowest BCUT2D eigenvalue weighted by Gasteiger charge is -2.31. The largest absolute Gasteiger partial charge is 0.382 e. The average molecular weight is 621 g/mol. The molecular formula is C26H30ClIN6O2. The van der Waals surface area contributed by atoms with Gasteiger partial charge in [0, 0.05) is 36.3 Å². The zero-order chi connectivity index (χ0) is 25.3. The SMILES string of the molecule is Nc1nc(NCc2ccc(I)cc2)c(Cl)nc1C(=O)NCCN1CCC(OCc2ccccc2)CC1. The number of piperidine rings is 1. The third-order valence-electron chi connectivity index (χ3n) is 6.05. The molecule has 0 aliphatic carbocycles. The van der Waals surface area contributed by atoms with E-state index in [4.69, 9.17) is 22.1 Å². The van der Waals surface area contributed by atoms with E-state index in [0.717, 1.165) is 41.6 Å². The Hall–Kier alpha value is -2.47. The first-order valence-corrected chi connectivity index (χ1v) is 13.4. The van der Waals surface area contributed by atoms with Crippen LogP contribution in [-0.4, -0.2) is 53.1 Å². The van der Waals surface area contributed by atoms with Crippen molar-refractivity contribution in [2.45, 2.75) is 32.1 Å². The average Bonchev–Trinajstić information content (AvgIpc) is 2.90. The van der Waals surface area contributed by atoms with Crippen LogP contribution in [-0.2, 0) is 17.9 Å². The summed E-state index contributed by atoms with van der Waals surface area (Å²) in [5.74, 6) is 0.00664. The molecule has 0 bridgehead atoms. The maximum absolute atomic E-state index is 12.6. The Morgan fingerprint density at radius 3 is 2.53 bits per heavy atom. The minimum atomic E-state index is -0.382. The van der Waals surface area contributed by atoms with Gasteiger partial charge in [-0.15, -0.1) is 0 Å². The van der Waals surface area contributed by atoms with Crippen LogP contribution in [0.2, 0.25) is 5.15 Å². The van der Waals surface area contributed by atoms with Gasteiger partial charge in [0.05, 0.1) is 12.7 Å². The third kappa shape index (κ3) is 7.76. The molecule has 3 aromatic rings. The number of nitrogen functional groups attached to an aromatic ring is 1. The molecule has 1 saturated heterocycles. The number of nitrogens with zero attached hydrogens (tertiary/aromatic N) is 3. The highest BCUT2D eigenvalue weighted by Gasteiger charge is 2.21. The van der Waals surface area contributed by atoms with Gasteiger partial charge in [-0.3, -0.25) is 4.79 Å². The number of halogens is 2. The smallest absolute Gasteiger partial charge is 0.273 e. The van der Waals surface area contributed by atoms with Crippen LogP contribution in [0.3, 0.4) is 0 Å². The highest BCUT2D eigenvalue weighted by Crippen LogP contribution is 2.21. The van der Waals surface area contributed by atoms with Crippen LogP contribution in [0.15, 0.2) is 54.6 Å². The number of aromatic nitrogens is 2. The Labute approximate surface area is 230 Å². The van der Waals surface area contributed by atoms with Crippen molar-refractivity contribution in [3.8, 4) is 0 Å². The number of rotatable bonds is 10. The molecule has 0 saturated carbocycles. The van der Waals surface area contributed by atoms with Crippen LogP contribution in [0.1, 0.15) is 34.5 Å². The van der Waals surface area contributed by atoms with Crippen LogP contribution >= 0.6 is 34.2 Å². The van der Waals surface area contributed by atoms with Crippen molar-refractivity contribution in [1.82, 2.24) is 20.2 Å². The predicted octanol–water partition coefficient (Wildman–Crippen LogP) is 4.34. The molecule has 0 spiro atoms. The second-order valence-corrected chi connectivity index (χ2v) is 10.3. The minimum Gasteiger partial charge on any atom is -0.382 e. The van der Waals surface area contributed by atoms with Crippen LogP contribution in [0.4, 0.5) is 11.6 Å². The molecular weight excluding hydrogens is 591 g/mol. The lowest BCUT2D eigenvalue weighted by molar-refractivity contribution is -0.00215. The molecule has 1 fully saturated rings. The van der Waals surface area contributed by atoms with Crippen molar-refractivity contribution in [1.29, 1.82) is 0 Å². The summed E-state index contributed by atoms with van der Waals surface area (Å²) in [7, 11) is 0. The fourth-order valence-corrected chi connectivity index (χ4v) is 4.55. The number of anilines is 2. The Bertz CT molecular complexity index is 1140. The first-order valence-electron chi connectivity index (χ1n) is 12.0. The molecule has 190 valence electrons. The van der Waals surface area contributed by atoms with E-state index < -0.39 is 0 Å². The number of nitrogens with one attached hydrogen (secondary N) is 2. The maximum Gasteiger partial charge on any atom is 0.273 e. The van der Waals surface area contributed by atoms with Crippen LogP contribution in [0, 0.1) is 3.57 Å². The highest BCUT2D eigenvalue weighted by molar-refractivity contribution is 14.1. The van der Waals surface area contributed by atoms with Gasteiger partial charge in [0.25, 0.3) is 5.91 Å². The van der Waals surface area contributed by atoms with Crippen molar-refractivity contribution in [2.75, 3.05) is 37.2 Å². The Kier molecular flexibility index (Phi) is 9.74. The summed E-state index contributed by atoms with van der Waals surface area (Å²) in [6.07, 6.45) is 2.22. The van der Waals surface area contributed by atoms with Gasteiger partial charge in [-0.05, 0) is 58.7 Å². The predicted molar refractivity (Wildman–Crippen MR) is 151 cm³/mol. The molecule has 0 radical (unpaired) electrons. The fourth-order valence-electron chi connectivity index (χ4n) is 3.99. The molecule has 1 amide bonds. The summed E-state index contributed by atoms with van der Waals surface area (Å²) in [6.45, 7) is 4.26. The molecule has 1 aromatic heterocycles. The molecule has 0 atom stereocenters. The summed E-state index contributed by atoms with van der Waals surface area (Å²) < 4.78 is 7.21. The Morgan fingerprint density at radius 1 is 1.08 bits per heavy atom. The topological polar surface area (TPSA) is 105 Å². The molecule has 1 aliphatic heterocycles. The quantitative estimate of drug-likeness (QED) is 0.290. The number of hydrogen-bond donors (Lipinski definition) is 3. The standard InChI is InChI=1S/C26H30ClIN6O2/c27-23-25(31-16-18-6-8-20(28)9-7-18)33-24(29)22(32-23)26(35)30-12-15-34-13-10-21(11-14-34)36-17-19-4-2-1-3-5-19/h1-9,21H,10-17H2,(H,30,35)(H3,29,31,33). The van der Waals surface area contributed by atoms with Gasteiger partial charge in [-0.25, -0.2) is 9.97 Å². The van der Waals surface area contributed by atoms with Gasteiger partial charge in [0.15, 0.2) is 22.5 Å². The van der Waals surface area contributed by atoms with E-state index in [0.29, 0.717) is 25.5 Å². The zero-order valence-corrected chi connectivity index (χ0v) is 22.8. The van der Waals surface area contributed by atoms with E-state index in [1.54, 1.807) is 0 Å². The Balaban J connectivity index is 1.19. The van der Waals surface area contributed by atoms with Gasteiger partial charge >= 0.3 is 0 Å². The zero-order valence-electron chi connectivity index (χ0n) is 19.9. The molecule has 0 unspecified atom stereocenters. The molecule has 4 rings (SSSR count). The van der Waals surface area contributed by atoms with E-state index in [1.807, 2.05) is 42.5 Å². The number of carbonyl (C=O) groups is 1. The molecule has 4 N–H and O–H groups in total. The monoisotopic (exact) mass is 620 g/mol. The normalized spacial score (nSPS) is 14.5. The summed E-state index contributed by atoms with van der Waals surface area (Å²) in [5, 5.41) is 6.12.